The van der Waals surface area contributed by atoms with Crippen LogP contribution in [0.2, 0.25) is 0 Å². The quantitative estimate of drug-likeness (QED) is 0.629. The smallest absolute Gasteiger partial charge is 0.271 e. The van der Waals surface area contributed by atoms with Crippen molar-refractivity contribution >= 4 is 23.4 Å². The Hall–Kier alpha value is -2.88. The number of nitrogens with zero attached hydrogens (tertiary/aromatic N) is 2. The van der Waals surface area contributed by atoms with Crippen LogP contribution in [0.5, 0.6) is 0 Å². The topological polar surface area (TPSA) is 44.7 Å². The highest BCUT2D eigenvalue weighted by molar-refractivity contribution is 5.95. The fraction of sp³-hybridized carbons (Fsp3) is 0.304. The molecule has 0 unspecified atom stereocenters. The van der Waals surface area contributed by atoms with Gasteiger partial charge in [-0.1, -0.05) is 24.3 Å². The van der Waals surface area contributed by atoms with Gasteiger partial charge in [-0.15, -0.1) is 0 Å². The normalized spacial score (nSPS) is 15.4. The maximum Gasteiger partial charge on any atom is 0.271 e. The van der Waals surface area contributed by atoms with Gasteiger partial charge in [0, 0.05) is 23.4 Å². The van der Waals surface area contributed by atoms with Crippen LogP contribution in [0.25, 0.3) is 5.57 Å². The number of fused-ring (bicyclic) bond motifs is 1. The number of allylic oxidation sites excluding steroid dienone is 1. The molecule has 27 heavy (non-hydrogen) atoms. The van der Waals surface area contributed by atoms with Crippen molar-refractivity contribution in [1.29, 1.82) is 0 Å². The van der Waals surface area contributed by atoms with Crippen LogP contribution in [0.3, 0.4) is 0 Å². The molecule has 4 nitrogen and oxygen atoms in total. The zero-order valence-electron chi connectivity index (χ0n) is 16.7. The molecule has 140 valence electrons. The van der Waals surface area contributed by atoms with Gasteiger partial charge in [0.1, 0.15) is 0 Å². The Bertz CT molecular complexity index is 911. The number of rotatable bonds is 4. The fourth-order valence-electron chi connectivity index (χ4n) is 3.78. The monoisotopic (exact) mass is 361 g/mol. The number of hydrogen-bond donors (Lipinski definition) is 1. The van der Waals surface area contributed by atoms with Crippen LogP contribution < -0.4 is 10.3 Å². The van der Waals surface area contributed by atoms with E-state index in [0.29, 0.717) is 5.56 Å². The molecule has 0 radical (unpaired) electrons. The molecule has 2 aromatic rings. The highest BCUT2D eigenvalue weighted by atomic mass is 16.2. The van der Waals surface area contributed by atoms with Crippen molar-refractivity contribution in [2.45, 2.75) is 40.2 Å². The van der Waals surface area contributed by atoms with Gasteiger partial charge in [-0.3, -0.25) is 4.79 Å². The lowest BCUT2D eigenvalue weighted by atomic mass is 9.87. The zero-order valence-corrected chi connectivity index (χ0v) is 16.7. The van der Waals surface area contributed by atoms with Crippen LogP contribution >= 0.6 is 0 Å². The molecular formula is C23H27N3O. The third-order valence-corrected chi connectivity index (χ3v) is 5.09. The van der Waals surface area contributed by atoms with Crippen molar-refractivity contribution in [3.05, 3.63) is 70.8 Å². The van der Waals surface area contributed by atoms with Crippen molar-refractivity contribution in [3.8, 4) is 0 Å². The van der Waals surface area contributed by atoms with E-state index < -0.39 is 0 Å². The lowest BCUT2D eigenvalue weighted by Crippen LogP contribution is -2.45. The highest BCUT2D eigenvalue weighted by Crippen LogP contribution is 2.39. The molecule has 0 spiro atoms. The van der Waals surface area contributed by atoms with E-state index in [9.17, 15) is 4.79 Å². The first-order chi connectivity index (χ1) is 12.8. The summed E-state index contributed by atoms with van der Waals surface area (Å²) in [6, 6.07) is 13.5. The van der Waals surface area contributed by atoms with Crippen LogP contribution in [-0.4, -0.2) is 24.2 Å². The summed E-state index contributed by atoms with van der Waals surface area (Å²) in [6.45, 7) is 11.9. The number of carbonyl (C=O) groups excluding carboxylic acids is 1. The summed E-state index contributed by atoms with van der Waals surface area (Å²) in [7, 11) is 0. The Labute approximate surface area is 161 Å². The van der Waals surface area contributed by atoms with E-state index in [2.05, 4.69) is 68.3 Å². The van der Waals surface area contributed by atoms with Crippen LogP contribution in [0.4, 0.5) is 5.69 Å². The SMILES string of the molecule is CCN1c2cc(C)c(/C=N\NC(=O)c3ccccc3)cc2C(C)=CC1(C)C. The van der Waals surface area contributed by atoms with Crippen molar-refractivity contribution in [2.75, 3.05) is 11.4 Å². The number of likely N-dealkylation sites (N-methyl/N-ethyl adjacent to an activating group) is 1. The van der Waals surface area contributed by atoms with E-state index in [-0.39, 0.29) is 11.4 Å². The first kappa shape index (κ1) is 18.9. The van der Waals surface area contributed by atoms with Gasteiger partial charge < -0.3 is 4.90 Å². The summed E-state index contributed by atoms with van der Waals surface area (Å²) in [4.78, 5) is 14.5. The Morgan fingerprint density at radius 1 is 1.19 bits per heavy atom. The molecule has 2 aromatic carbocycles. The first-order valence-electron chi connectivity index (χ1n) is 9.34. The summed E-state index contributed by atoms with van der Waals surface area (Å²) in [5, 5.41) is 4.16. The number of benzene rings is 2. The molecule has 0 fully saturated rings. The number of nitrogens with one attached hydrogen (secondary N) is 1. The van der Waals surface area contributed by atoms with Crippen LogP contribution in [0.15, 0.2) is 53.6 Å². The second-order valence-corrected chi connectivity index (χ2v) is 7.52. The minimum atomic E-state index is -0.211. The predicted octanol–water partition coefficient (Wildman–Crippen LogP) is 4.78. The van der Waals surface area contributed by atoms with Gasteiger partial charge in [0.2, 0.25) is 0 Å². The number of carbonyl (C=O) groups is 1. The van der Waals surface area contributed by atoms with Crippen molar-refractivity contribution in [2.24, 2.45) is 5.10 Å². The maximum absolute atomic E-state index is 12.1. The van der Waals surface area contributed by atoms with Crippen LogP contribution in [-0.2, 0) is 0 Å². The average Bonchev–Trinajstić information content (AvgIpc) is 2.63. The van der Waals surface area contributed by atoms with Crippen LogP contribution in [0.1, 0.15) is 54.7 Å². The summed E-state index contributed by atoms with van der Waals surface area (Å²) in [5.41, 5.74) is 9.08. The van der Waals surface area contributed by atoms with Gasteiger partial charge in [-0.05, 0) is 75.6 Å². The van der Waals surface area contributed by atoms with Crippen molar-refractivity contribution in [1.82, 2.24) is 5.43 Å². The van der Waals surface area contributed by atoms with E-state index in [0.717, 1.165) is 17.7 Å². The highest BCUT2D eigenvalue weighted by Gasteiger charge is 2.30. The van der Waals surface area contributed by atoms with E-state index >= 15 is 0 Å². The predicted molar refractivity (Wildman–Crippen MR) is 113 cm³/mol. The molecule has 3 rings (SSSR count). The van der Waals surface area contributed by atoms with E-state index in [4.69, 9.17) is 0 Å². The Morgan fingerprint density at radius 3 is 2.56 bits per heavy atom. The lowest BCUT2D eigenvalue weighted by Gasteiger charge is -2.43. The number of hydrogen-bond acceptors (Lipinski definition) is 3. The molecule has 0 atom stereocenters. The molecule has 4 heteroatoms. The van der Waals surface area contributed by atoms with Gasteiger partial charge in [-0.2, -0.15) is 5.10 Å². The molecule has 1 aliphatic heterocycles. The number of aryl methyl sites for hydroxylation is 1. The Morgan fingerprint density at radius 2 is 1.89 bits per heavy atom. The molecule has 1 N–H and O–H groups in total. The summed E-state index contributed by atoms with van der Waals surface area (Å²) >= 11 is 0. The van der Waals surface area contributed by atoms with Crippen molar-refractivity contribution in [3.63, 3.8) is 0 Å². The van der Waals surface area contributed by atoms with Gasteiger partial charge >= 0.3 is 0 Å². The molecule has 0 bridgehead atoms. The largest absolute Gasteiger partial charge is 0.363 e. The fourth-order valence-corrected chi connectivity index (χ4v) is 3.78. The number of hydrazone groups is 1. The zero-order chi connectivity index (χ0) is 19.6. The molecular weight excluding hydrogens is 334 g/mol. The van der Waals surface area contributed by atoms with Gasteiger partial charge in [-0.25, -0.2) is 5.43 Å². The second kappa shape index (κ2) is 7.39. The third-order valence-electron chi connectivity index (χ3n) is 5.09. The molecule has 0 aliphatic carbocycles. The lowest BCUT2D eigenvalue weighted by molar-refractivity contribution is 0.0955. The molecule has 1 amide bonds. The van der Waals surface area contributed by atoms with E-state index in [1.165, 1.54) is 16.8 Å². The Kier molecular flexibility index (Phi) is 5.17. The van der Waals surface area contributed by atoms with Gasteiger partial charge in [0.25, 0.3) is 5.91 Å². The van der Waals surface area contributed by atoms with Gasteiger partial charge in [0.15, 0.2) is 0 Å². The molecule has 1 heterocycles. The average molecular weight is 361 g/mol. The third kappa shape index (κ3) is 3.80. The minimum absolute atomic E-state index is 0.00244. The molecule has 0 aromatic heterocycles. The summed E-state index contributed by atoms with van der Waals surface area (Å²) in [6.07, 6.45) is 4.03. The molecule has 1 aliphatic rings. The number of amides is 1. The first-order valence-corrected chi connectivity index (χ1v) is 9.34. The second-order valence-electron chi connectivity index (χ2n) is 7.52. The van der Waals surface area contributed by atoms with Crippen molar-refractivity contribution < 1.29 is 4.79 Å². The van der Waals surface area contributed by atoms with Crippen LogP contribution in [0, 0.1) is 6.92 Å². The Balaban J connectivity index is 1.86. The van der Waals surface area contributed by atoms with E-state index in [1.54, 1.807) is 18.3 Å². The molecule has 0 saturated carbocycles. The van der Waals surface area contributed by atoms with Gasteiger partial charge in [0.05, 0.1) is 11.8 Å². The minimum Gasteiger partial charge on any atom is -0.363 e. The number of anilines is 1. The summed E-state index contributed by atoms with van der Waals surface area (Å²) < 4.78 is 0. The van der Waals surface area contributed by atoms with E-state index in [1.807, 2.05) is 18.2 Å². The summed E-state index contributed by atoms with van der Waals surface area (Å²) in [5.74, 6) is -0.211. The maximum atomic E-state index is 12.1. The molecule has 0 saturated heterocycles. The standard InChI is InChI=1S/C23H27N3O/c1-6-26-21-12-16(2)19(13-20(21)17(3)14-23(26,4)5)15-24-25-22(27)18-10-8-7-9-11-18/h7-15H,6H2,1-5H3,(H,25,27)/b24-15-.